The molecule has 0 spiro atoms. The number of hydrogen-bond donors (Lipinski definition) is 2. The number of carbonyl (C=O) groups is 1. The number of hydrazone groups is 1. The van der Waals surface area contributed by atoms with Crippen molar-refractivity contribution in [3.05, 3.63) is 29.3 Å². The number of hydrogen-bond acceptors (Lipinski definition) is 3. The van der Waals surface area contributed by atoms with Gasteiger partial charge >= 0.3 is 0 Å². The van der Waals surface area contributed by atoms with E-state index in [1.807, 2.05) is 0 Å². The number of aryl methyl sites for hydroxylation is 1. The minimum Gasteiger partial charge on any atom is -0.385 e. The van der Waals surface area contributed by atoms with Crippen LogP contribution in [0.2, 0.25) is 0 Å². The van der Waals surface area contributed by atoms with E-state index < -0.39 is 0 Å². The molecule has 2 N–H and O–H groups in total. The summed E-state index contributed by atoms with van der Waals surface area (Å²) < 4.78 is 0. The van der Waals surface area contributed by atoms with Crippen LogP contribution in [0.25, 0.3) is 0 Å². The monoisotopic (exact) mass is 229 g/mol. The van der Waals surface area contributed by atoms with E-state index in [0.717, 1.165) is 30.7 Å². The second kappa shape index (κ2) is 4.20. The first-order valence-electron chi connectivity index (χ1n) is 6.05. The Morgan fingerprint density at radius 2 is 2.12 bits per heavy atom. The van der Waals surface area contributed by atoms with E-state index in [-0.39, 0.29) is 5.91 Å². The molecular weight excluding hydrogens is 214 g/mol. The van der Waals surface area contributed by atoms with Crippen LogP contribution >= 0.6 is 0 Å². The van der Waals surface area contributed by atoms with E-state index >= 15 is 0 Å². The van der Waals surface area contributed by atoms with Crippen molar-refractivity contribution in [3.8, 4) is 0 Å². The van der Waals surface area contributed by atoms with Gasteiger partial charge in [-0.15, -0.1) is 0 Å². The average Bonchev–Trinajstić information content (AvgIpc) is 2.39. The van der Waals surface area contributed by atoms with Crippen molar-refractivity contribution in [2.24, 2.45) is 5.10 Å². The molecule has 1 aromatic carbocycles. The number of anilines is 1. The van der Waals surface area contributed by atoms with Gasteiger partial charge in [-0.05, 0) is 36.1 Å². The van der Waals surface area contributed by atoms with Gasteiger partial charge in [0, 0.05) is 25.1 Å². The highest BCUT2D eigenvalue weighted by Gasteiger charge is 2.15. The van der Waals surface area contributed by atoms with Gasteiger partial charge in [0.25, 0.3) is 0 Å². The molecule has 0 saturated carbocycles. The van der Waals surface area contributed by atoms with Gasteiger partial charge in [-0.25, -0.2) is 5.43 Å². The Balaban J connectivity index is 1.91. The third kappa shape index (κ3) is 2.02. The Morgan fingerprint density at radius 3 is 2.94 bits per heavy atom. The van der Waals surface area contributed by atoms with Gasteiger partial charge in [-0.1, -0.05) is 6.07 Å². The average molecular weight is 229 g/mol. The molecule has 88 valence electrons. The highest BCUT2D eigenvalue weighted by Crippen LogP contribution is 2.24. The van der Waals surface area contributed by atoms with E-state index in [4.69, 9.17) is 0 Å². The van der Waals surface area contributed by atoms with Crippen LogP contribution in [0.4, 0.5) is 5.69 Å². The zero-order valence-corrected chi connectivity index (χ0v) is 9.62. The van der Waals surface area contributed by atoms with Crippen LogP contribution in [0.1, 0.15) is 30.4 Å². The Bertz CT molecular complexity index is 493. The summed E-state index contributed by atoms with van der Waals surface area (Å²) in [5, 5.41) is 7.52. The molecule has 2 aliphatic rings. The molecule has 4 nitrogen and oxygen atoms in total. The Kier molecular flexibility index (Phi) is 2.55. The lowest BCUT2D eigenvalue weighted by atomic mass is 9.97. The molecule has 0 aliphatic carbocycles. The number of amides is 1. The summed E-state index contributed by atoms with van der Waals surface area (Å²) in [5.74, 6) is 0.00776. The summed E-state index contributed by atoms with van der Waals surface area (Å²) in [6.45, 7) is 1.06. The minimum absolute atomic E-state index is 0.00776. The standard InChI is InChI=1S/C13H15N3O/c17-13-6-5-12(15-16-13)10-3-4-11-9(8-10)2-1-7-14-11/h3-4,8,14H,1-2,5-7H2,(H,16,17). The molecule has 0 fully saturated rings. The molecule has 2 aliphatic heterocycles. The van der Waals surface area contributed by atoms with Crippen molar-refractivity contribution in [1.82, 2.24) is 5.43 Å². The van der Waals surface area contributed by atoms with Gasteiger partial charge in [0.05, 0.1) is 5.71 Å². The third-order valence-electron chi connectivity index (χ3n) is 3.28. The van der Waals surface area contributed by atoms with Gasteiger partial charge in [0.1, 0.15) is 0 Å². The zero-order valence-electron chi connectivity index (χ0n) is 9.62. The number of nitrogens with zero attached hydrogens (tertiary/aromatic N) is 1. The summed E-state index contributed by atoms with van der Waals surface area (Å²) >= 11 is 0. The molecular formula is C13H15N3O. The fourth-order valence-corrected chi connectivity index (χ4v) is 2.34. The first-order chi connectivity index (χ1) is 8.33. The number of nitrogens with one attached hydrogen (secondary N) is 2. The lowest BCUT2D eigenvalue weighted by Crippen LogP contribution is -2.26. The molecule has 0 radical (unpaired) electrons. The predicted octanol–water partition coefficient (Wildman–Crippen LogP) is 1.66. The predicted molar refractivity (Wildman–Crippen MR) is 67.2 cm³/mol. The second-order valence-electron chi connectivity index (χ2n) is 4.50. The SMILES string of the molecule is O=C1CCC(c2ccc3c(c2)CCCN3)=NN1. The summed E-state index contributed by atoms with van der Waals surface area (Å²) in [4.78, 5) is 11.0. The molecule has 0 saturated heterocycles. The van der Waals surface area contributed by atoms with Gasteiger partial charge in [-0.2, -0.15) is 5.10 Å². The van der Waals surface area contributed by atoms with Crippen LogP contribution in [0, 0.1) is 0 Å². The van der Waals surface area contributed by atoms with Crippen LogP contribution in [0.15, 0.2) is 23.3 Å². The zero-order chi connectivity index (χ0) is 11.7. The molecule has 0 aromatic heterocycles. The molecule has 2 heterocycles. The van der Waals surface area contributed by atoms with E-state index in [1.54, 1.807) is 0 Å². The van der Waals surface area contributed by atoms with E-state index in [0.29, 0.717) is 6.42 Å². The summed E-state index contributed by atoms with van der Waals surface area (Å²) in [6.07, 6.45) is 3.57. The highest BCUT2D eigenvalue weighted by atomic mass is 16.2. The second-order valence-corrected chi connectivity index (χ2v) is 4.50. The van der Waals surface area contributed by atoms with Gasteiger partial charge in [0.15, 0.2) is 0 Å². The normalized spacial score (nSPS) is 18.8. The van der Waals surface area contributed by atoms with Crippen molar-refractivity contribution in [2.45, 2.75) is 25.7 Å². The maximum atomic E-state index is 11.0. The quantitative estimate of drug-likeness (QED) is 0.769. The largest absolute Gasteiger partial charge is 0.385 e. The van der Waals surface area contributed by atoms with Gasteiger partial charge < -0.3 is 5.32 Å². The van der Waals surface area contributed by atoms with Crippen LogP contribution in [-0.2, 0) is 11.2 Å². The van der Waals surface area contributed by atoms with Crippen molar-refractivity contribution >= 4 is 17.3 Å². The molecule has 0 atom stereocenters. The number of carbonyl (C=O) groups excluding carboxylic acids is 1. The molecule has 0 bridgehead atoms. The van der Waals surface area contributed by atoms with Crippen molar-refractivity contribution in [1.29, 1.82) is 0 Å². The van der Waals surface area contributed by atoms with Crippen molar-refractivity contribution in [2.75, 3.05) is 11.9 Å². The Morgan fingerprint density at radius 1 is 1.18 bits per heavy atom. The lowest BCUT2D eigenvalue weighted by Gasteiger charge is -2.19. The summed E-state index contributed by atoms with van der Waals surface area (Å²) in [6, 6.07) is 6.38. The smallest absolute Gasteiger partial charge is 0.240 e. The third-order valence-corrected chi connectivity index (χ3v) is 3.28. The molecule has 1 aromatic rings. The summed E-state index contributed by atoms with van der Waals surface area (Å²) in [7, 11) is 0. The lowest BCUT2D eigenvalue weighted by molar-refractivity contribution is -0.121. The summed E-state index contributed by atoms with van der Waals surface area (Å²) in [5.41, 5.74) is 7.25. The topological polar surface area (TPSA) is 53.5 Å². The highest BCUT2D eigenvalue weighted by molar-refractivity contribution is 6.04. The fraction of sp³-hybridized carbons (Fsp3) is 0.385. The maximum Gasteiger partial charge on any atom is 0.240 e. The fourth-order valence-electron chi connectivity index (χ4n) is 2.34. The van der Waals surface area contributed by atoms with Crippen molar-refractivity contribution in [3.63, 3.8) is 0 Å². The first-order valence-corrected chi connectivity index (χ1v) is 6.05. The minimum atomic E-state index is 0.00776. The number of rotatable bonds is 1. The van der Waals surface area contributed by atoms with E-state index in [1.165, 1.54) is 17.7 Å². The molecule has 4 heteroatoms. The molecule has 0 unspecified atom stereocenters. The van der Waals surface area contributed by atoms with Crippen LogP contribution < -0.4 is 10.7 Å². The van der Waals surface area contributed by atoms with Crippen LogP contribution in [0.3, 0.4) is 0 Å². The maximum absolute atomic E-state index is 11.0. The molecule has 17 heavy (non-hydrogen) atoms. The van der Waals surface area contributed by atoms with Crippen LogP contribution in [-0.4, -0.2) is 18.2 Å². The first kappa shape index (κ1) is 10.3. The molecule has 1 amide bonds. The number of benzene rings is 1. The molecule has 3 rings (SSSR count). The van der Waals surface area contributed by atoms with Gasteiger partial charge in [-0.3, -0.25) is 4.79 Å². The number of fused-ring (bicyclic) bond motifs is 1. The van der Waals surface area contributed by atoms with Crippen LogP contribution in [0.5, 0.6) is 0 Å². The van der Waals surface area contributed by atoms with E-state index in [9.17, 15) is 4.79 Å². The van der Waals surface area contributed by atoms with Gasteiger partial charge in [0.2, 0.25) is 5.91 Å². The Labute approximate surface area is 100 Å². The van der Waals surface area contributed by atoms with Crippen molar-refractivity contribution < 1.29 is 4.79 Å². The van der Waals surface area contributed by atoms with E-state index in [2.05, 4.69) is 34.0 Å². The Hall–Kier alpha value is -1.84.